The number of rotatable bonds is 0. The molecule has 5 heteroatoms. The molecule has 0 amide bonds. The molecule has 2 rings (SSSR count). The topological polar surface area (TPSA) is 87.0 Å². The molecule has 1 aliphatic heterocycles. The lowest BCUT2D eigenvalue weighted by atomic mass is 9.82. The Morgan fingerprint density at radius 1 is 1.42 bits per heavy atom. The average molecular weight is 174 g/mol. The lowest BCUT2D eigenvalue weighted by Gasteiger charge is -2.30. The molecule has 1 saturated carbocycles. The fraction of sp³-hybridized carbons (Fsp3) is 0.857. The molecule has 2 aliphatic rings. The predicted octanol–water partition coefficient (Wildman–Crippen LogP) is -1.84. The van der Waals surface area contributed by atoms with Crippen LogP contribution >= 0.6 is 0 Å². The van der Waals surface area contributed by atoms with Gasteiger partial charge in [-0.3, -0.25) is 0 Å². The van der Waals surface area contributed by atoms with Gasteiger partial charge in [0.2, 0.25) is 0 Å². The Kier molecular flexibility index (Phi) is 1.45. The Morgan fingerprint density at radius 3 is 2.75 bits per heavy atom. The fourth-order valence-electron chi connectivity index (χ4n) is 1.78. The van der Waals surface area contributed by atoms with Crippen molar-refractivity contribution in [3.8, 4) is 0 Å². The van der Waals surface area contributed by atoms with Crippen molar-refractivity contribution in [2.75, 3.05) is 0 Å². The van der Waals surface area contributed by atoms with Gasteiger partial charge in [0.05, 0.1) is 6.10 Å². The molecule has 5 nitrogen and oxygen atoms in total. The highest BCUT2D eigenvalue weighted by Crippen LogP contribution is 2.37. The summed E-state index contributed by atoms with van der Waals surface area (Å²) >= 11 is 0. The third-order valence-electron chi connectivity index (χ3n) is 2.50. The van der Waals surface area contributed by atoms with Crippen LogP contribution in [0.5, 0.6) is 0 Å². The maximum Gasteiger partial charge on any atom is 0.338 e. The van der Waals surface area contributed by atoms with Crippen LogP contribution in [-0.2, 0) is 9.53 Å². The van der Waals surface area contributed by atoms with Gasteiger partial charge < -0.3 is 20.1 Å². The highest BCUT2D eigenvalue weighted by molar-refractivity contribution is 5.82. The highest BCUT2D eigenvalue weighted by atomic mass is 16.6. The Hall–Kier alpha value is -0.650. The molecule has 2 fully saturated rings. The van der Waals surface area contributed by atoms with E-state index >= 15 is 0 Å². The van der Waals surface area contributed by atoms with E-state index in [1.807, 2.05) is 0 Å². The van der Waals surface area contributed by atoms with Gasteiger partial charge in [-0.15, -0.1) is 0 Å². The van der Waals surface area contributed by atoms with Crippen LogP contribution in [0.1, 0.15) is 12.8 Å². The maximum atomic E-state index is 11.0. The van der Waals surface area contributed by atoms with Gasteiger partial charge in [-0.05, 0) is 0 Å². The number of hydrogen-bond acceptors (Lipinski definition) is 5. The Balaban J connectivity index is 2.28. The molecule has 0 radical (unpaired) electrons. The summed E-state index contributed by atoms with van der Waals surface area (Å²) in [5.41, 5.74) is -1.57. The van der Waals surface area contributed by atoms with Gasteiger partial charge in [0.15, 0.2) is 5.60 Å². The minimum absolute atomic E-state index is 0.0874. The van der Waals surface area contributed by atoms with Crippen molar-refractivity contribution in [3.05, 3.63) is 0 Å². The summed E-state index contributed by atoms with van der Waals surface area (Å²) in [6.07, 6.45) is -2.92. The molecule has 0 aromatic rings. The summed E-state index contributed by atoms with van der Waals surface area (Å²) in [7, 11) is 0. The van der Waals surface area contributed by atoms with Gasteiger partial charge in [0, 0.05) is 12.8 Å². The van der Waals surface area contributed by atoms with Gasteiger partial charge in [-0.1, -0.05) is 0 Å². The molecule has 1 aliphatic carbocycles. The summed E-state index contributed by atoms with van der Waals surface area (Å²) in [6.45, 7) is 0. The highest BCUT2D eigenvalue weighted by Gasteiger charge is 2.56. The van der Waals surface area contributed by atoms with E-state index in [0.29, 0.717) is 0 Å². The molecule has 4 atom stereocenters. The van der Waals surface area contributed by atoms with E-state index < -0.39 is 29.9 Å². The molecule has 1 saturated heterocycles. The van der Waals surface area contributed by atoms with Gasteiger partial charge in [-0.2, -0.15) is 0 Å². The van der Waals surface area contributed by atoms with Crippen LogP contribution in [0, 0.1) is 0 Å². The first-order chi connectivity index (χ1) is 5.53. The number of aliphatic hydroxyl groups is 3. The van der Waals surface area contributed by atoms with Crippen molar-refractivity contribution in [1.82, 2.24) is 0 Å². The van der Waals surface area contributed by atoms with Gasteiger partial charge in [-0.25, -0.2) is 4.79 Å². The van der Waals surface area contributed by atoms with Crippen LogP contribution in [0.15, 0.2) is 0 Å². The quantitative estimate of drug-likeness (QED) is 0.375. The first-order valence-corrected chi connectivity index (χ1v) is 3.82. The summed E-state index contributed by atoms with van der Waals surface area (Å²) in [6, 6.07) is 0. The molecule has 0 aromatic heterocycles. The third kappa shape index (κ3) is 0.872. The first kappa shape index (κ1) is 7.97. The number of hydrogen-bond donors (Lipinski definition) is 3. The van der Waals surface area contributed by atoms with E-state index in [1.165, 1.54) is 0 Å². The van der Waals surface area contributed by atoms with Crippen LogP contribution < -0.4 is 0 Å². The van der Waals surface area contributed by atoms with Gasteiger partial charge in [0.1, 0.15) is 12.2 Å². The number of fused-ring (bicyclic) bond motifs is 2. The smallest absolute Gasteiger partial charge is 0.338 e. The van der Waals surface area contributed by atoms with Crippen molar-refractivity contribution in [1.29, 1.82) is 0 Å². The number of carbonyl (C=O) groups is 1. The van der Waals surface area contributed by atoms with E-state index in [0.717, 1.165) is 0 Å². The second-order valence-electron chi connectivity index (χ2n) is 3.44. The van der Waals surface area contributed by atoms with Crippen LogP contribution in [0.4, 0.5) is 0 Å². The number of aliphatic hydroxyl groups excluding tert-OH is 2. The zero-order valence-electron chi connectivity index (χ0n) is 6.30. The standard InChI is InChI=1S/C7H10O5/c8-3-1-7(11)2-4(5(3)9)12-6(7)10/h3-5,8-9,11H,1-2H2/t3-,4-,5-,7+/m0/s1. The number of ether oxygens (including phenoxy) is 1. The zero-order valence-corrected chi connectivity index (χ0v) is 6.30. The molecule has 3 N–H and O–H groups in total. The van der Waals surface area contributed by atoms with E-state index in [1.54, 1.807) is 0 Å². The Labute approximate surface area is 68.6 Å². The lowest BCUT2D eigenvalue weighted by Crippen LogP contribution is -2.48. The molecule has 0 spiro atoms. The molecule has 0 aromatic carbocycles. The Bertz CT molecular complexity index is 228. The van der Waals surface area contributed by atoms with Crippen LogP contribution in [0.3, 0.4) is 0 Å². The van der Waals surface area contributed by atoms with E-state index in [4.69, 9.17) is 0 Å². The summed E-state index contributed by atoms with van der Waals surface area (Å²) in [4.78, 5) is 11.0. The van der Waals surface area contributed by atoms with Gasteiger partial charge in [0.25, 0.3) is 0 Å². The molecular weight excluding hydrogens is 164 g/mol. The number of esters is 1. The minimum atomic E-state index is -1.57. The summed E-state index contributed by atoms with van der Waals surface area (Å²) in [5, 5.41) is 28.0. The van der Waals surface area contributed by atoms with Crippen molar-refractivity contribution in [2.24, 2.45) is 0 Å². The largest absolute Gasteiger partial charge is 0.457 e. The van der Waals surface area contributed by atoms with Crippen LogP contribution in [0.2, 0.25) is 0 Å². The Morgan fingerprint density at radius 2 is 2.08 bits per heavy atom. The second-order valence-corrected chi connectivity index (χ2v) is 3.44. The lowest BCUT2D eigenvalue weighted by molar-refractivity contribution is -0.154. The molecule has 0 unspecified atom stereocenters. The van der Waals surface area contributed by atoms with E-state index in [2.05, 4.69) is 4.74 Å². The van der Waals surface area contributed by atoms with Crippen LogP contribution in [0.25, 0.3) is 0 Å². The normalized spacial score (nSPS) is 52.2. The van der Waals surface area contributed by atoms with Crippen LogP contribution in [-0.4, -0.2) is 45.2 Å². The van der Waals surface area contributed by atoms with Crippen molar-refractivity contribution in [2.45, 2.75) is 36.8 Å². The fourth-order valence-corrected chi connectivity index (χ4v) is 1.78. The second kappa shape index (κ2) is 2.18. The van der Waals surface area contributed by atoms with Crippen molar-refractivity contribution in [3.63, 3.8) is 0 Å². The number of carbonyl (C=O) groups excluding carboxylic acids is 1. The van der Waals surface area contributed by atoms with Gasteiger partial charge >= 0.3 is 5.97 Å². The summed E-state index contributed by atoms with van der Waals surface area (Å²) in [5.74, 6) is -0.733. The zero-order chi connectivity index (χ0) is 8.93. The van der Waals surface area contributed by atoms with Crippen molar-refractivity contribution < 1.29 is 24.9 Å². The third-order valence-corrected chi connectivity index (χ3v) is 2.50. The first-order valence-electron chi connectivity index (χ1n) is 3.82. The van der Waals surface area contributed by atoms with E-state index in [-0.39, 0.29) is 12.8 Å². The minimum Gasteiger partial charge on any atom is -0.457 e. The summed E-state index contributed by atoms with van der Waals surface area (Å²) < 4.78 is 4.67. The molecule has 2 bridgehead atoms. The molecule has 12 heavy (non-hydrogen) atoms. The van der Waals surface area contributed by atoms with E-state index in [9.17, 15) is 20.1 Å². The predicted molar refractivity (Wildman–Crippen MR) is 36.1 cm³/mol. The molecular formula is C7H10O5. The van der Waals surface area contributed by atoms with Crippen molar-refractivity contribution >= 4 is 5.97 Å². The molecule has 68 valence electrons. The monoisotopic (exact) mass is 174 g/mol. The average Bonchev–Trinajstić information content (AvgIpc) is 2.22. The SMILES string of the molecule is O=C1O[C@H]2C[C@]1(O)C[C@H](O)[C@@H]2O. The molecule has 1 heterocycles. The maximum absolute atomic E-state index is 11.0.